The third-order valence-corrected chi connectivity index (χ3v) is 11.9. The molecule has 9 heteroatoms. The van der Waals surface area contributed by atoms with Gasteiger partial charge in [0.05, 0.1) is 13.2 Å². The van der Waals surface area contributed by atoms with E-state index in [9.17, 15) is 19.2 Å². The van der Waals surface area contributed by atoms with E-state index in [4.69, 9.17) is 9.47 Å². The first-order chi connectivity index (χ1) is 28.3. The second-order valence-corrected chi connectivity index (χ2v) is 17.3. The zero-order chi connectivity index (χ0) is 42.5. The summed E-state index contributed by atoms with van der Waals surface area (Å²) in [6.07, 6.45) is 33.6. The molecule has 338 valence electrons. The highest BCUT2D eigenvalue weighted by molar-refractivity contribution is 5.73. The van der Waals surface area contributed by atoms with Crippen LogP contribution in [0.15, 0.2) is 9.59 Å². The number of carbonyl (C=O) groups is 2. The van der Waals surface area contributed by atoms with Crippen molar-refractivity contribution in [1.29, 1.82) is 0 Å². The molecule has 0 aliphatic carbocycles. The fraction of sp³-hybridized carbons (Fsp3) is 0.878. The Hall–Kier alpha value is -2.42. The molecule has 0 heterocycles. The molecule has 0 spiro atoms. The first-order valence-corrected chi connectivity index (χ1v) is 24.6. The lowest BCUT2D eigenvalue weighted by molar-refractivity contribution is -0.146. The van der Waals surface area contributed by atoms with Crippen molar-refractivity contribution in [1.82, 2.24) is 4.90 Å². The van der Waals surface area contributed by atoms with Crippen molar-refractivity contribution in [3.8, 4) is 0 Å². The summed E-state index contributed by atoms with van der Waals surface area (Å²) in [4.78, 5) is 51.3. The quantitative estimate of drug-likeness (QED) is 0.0378. The van der Waals surface area contributed by atoms with Crippen LogP contribution in [-0.4, -0.2) is 63.3 Å². The zero-order valence-electron chi connectivity index (χ0n) is 38.5. The second-order valence-electron chi connectivity index (χ2n) is 17.3. The number of esters is 2. The van der Waals surface area contributed by atoms with Gasteiger partial charge in [-0.1, -0.05) is 150 Å². The maximum absolute atomic E-state index is 12.6. The van der Waals surface area contributed by atoms with Crippen molar-refractivity contribution in [3.63, 3.8) is 0 Å². The minimum atomic E-state index is -0.441. The summed E-state index contributed by atoms with van der Waals surface area (Å²) in [5.74, 6) is 0.960. The number of rotatable bonds is 43. The van der Waals surface area contributed by atoms with Gasteiger partial charge < -0.3 is 25.0 Å². The highest BCUT2D eigenvalue weighted by Crippen LogP contribution is 2.21. The number of nitrogens with one attached hydrogen (secondary N) is 2. The predicted octanol–water partition coefficient (Wildman–Crippen LogP) is 12.1. The number of ether oxygens (including phenoxy) is 2. The minimum absolute atomic E-state index is 0.0264. The van der Waals surface area contributed by atoms with Gasteiger partial charge in [-0.25, -0.2) is 0 Å². The largest absolute Gasteiger partial charge is 0.465 e. The molecule has 58 heavy (non-hydrogen) atoms. The first kappa shape index (κ1) is 53.6. The third-order valence-electron chi connectivity index (χ3n) is 11.9. The van der Waals surface area contributed by atoms with Gasteiger partial charge in [0.1, 0.15) is 11.4 Å². The van der Waals surface area contributed by atoms with Crippen LogP contribution in [-0.2, 0) is 19.1 Å². The second kappa shape index (κ2) is 37.6. The molecule has 0 radical (unpaired) electrons. The molecule has 1 atom stereocenters. The summed E-state index contributed by atoms with van der Waals surface area (Å²) in [5, 5.41) is 6.01. The van der Waals surface area contributed by atoms with Crippen molar-refractivity contribution < 1.29 is 19.1 Å². The maximum Gasteiger partial charge on any atom is 0.305 e. The van der Waals surface area contributed by atoms with E-state index in [2.05, 4.69) is 43.2 Å². The predicted molar refractivity (Wildman–Crippen MR) is 246 cm³/mol. The fourth-order valence-electron chi connectivity index (χ4n) is 8.00. The van der Waals surface area contributed by atoms with Crippen LogP contribution in [0.3, 0.4) is 0 Å². The molecule has 0 aromatic heterocycles. The van der Waals surface area contributed by atoms with Crippen LogP contribution in [0, 0.1) is 11.8 Å². The molecule has 9 nitrogen and oxygen atoms in total. The summed E-state index contributed by atoms with van der Waals surface area (Å²) < 4.78 is 11.5. The van der Waals surface area contributed by atoms with Crippen molar-refractivity contribution >= 4 is 23.3 Å². The summed E-state index contributed by atoms with van der Waals surface area (Å²) in [7, 11) is 1.67. The molecule has 1 unspecified atom stereocenters. The van der Waals surface area contributed by atoms with Crippen molar-refractivity contribution in [2.24, 2.45) is 11.8 Å². The zero-order valence-corrected chi connectivity index (χ0v) is 38.5. The van der Waals surface area contributed by atoms with Crippen molar-refractivity contribution in [2.45, 2.75) is 220 Å². The van der Waals surface area contributed by atoms with Gasteiger partial charge in [-0.15, -0.1) is 0 Å². The van der Waals surface area contributed by atoms with Gasteiger partial charge in [-0.3, -0.25) is 19.2 Å². The van der Waals surface area contributed by atoms with Crippen LogP contribution >= 0.6 is 0 Å². The Morgan fingerprint density at radius 3 is 1.34 bits per heavy atom. The molecular weight excluding hydrogens is 727 g/mol. The van der Waals surface area contributed by atoms with E-state index in [0.717, 1.165) is 96.7 Å². The lowest BCUT2D eigenvalue weighted by atomic mass is 9.95. The highest BCUT2D eigenvalue weighted by Gasteiger charge is 2.19. The third kappa shape index (κ3) is 27.4. The molecule has 0 aliphatic heterocycles. The van der Waals surface area contributed by atoms with Gasteiger partial charge in [0, 0.05) is 26.4 Å². The Balaban J connectivity index is 2.38. The monoisotopic (exact) mass is 818 g/mol. The number of hydrogen-bond donors (Lipinski definition) is 2. The Morgan fingerprint density at radius 2 is 0.862 bits per heavy atom. The van der Waals surface area contributed by atoms with Crippen LogP contribution in [0.5, 0.6) is 0 Å². The van der Waals surface area contributed by atoms with Crippen molar-refractivity contribution in [2.75, 3.05) is 57.1 Å². The normalized spacial score (nSPS) is 12.1. The van der Waals surface area contributed by atoms with Crippen LogP contribution in [0.1, 0.15) is 220 Å². The Bertz CT molecular complexity index is 1190. The van der Waals surface area contributed by atoms with Crippen LogP contribution in [0.2, 0.25) is 0 Å². The van der Waals surface area contributed by atoms with Gasteiger partial charge >= 0.3 is 11.9 Å². The Morgan fingerprint density at radius 1 is 0.483 bits per heavy atom. The Kier molecular flexibility index (Phi) is 34.7. The lowest BCUT2D eigenvalue weighted by Gasteiger charge is -2.23. The van der Waals surface area contributed by atoms with E-state index in [1.807, 2.05) is 0 Å². The molecule has 0 bridgehead atoms. The number of nitrogens with zero attached hydrogens (tertiary/aromatic N) is 1. The van der Waals surface area contributed by atoms with E-state index in [1.165, 1.54) is 103 Å². The SMILES string of the molecule is CCCCCCC(CCCCCC)COC(=O)CCCCCCCN(CCCCCCCC(=O)OCC(CCCC)CCCCC)CCCNc1c(NC)c(=O)c1=O. The van der Waals surface area contributed by atoms with E-state index in [0.29, 0.717) is 55.8 Å². The maximum atomic E-state index is 12.6. The summed E-state index contributed by atoms with van der Waals surface area (Å²) in [5.41, 5.74) is -0.0631. The summed E-state index contributed by atoms with van der Waals surface area (Å²) in [6, 6.07) is 0. The van der Waals surface area contributed by atoms with E-state index < -0.39 is 10.9 Å². The van der Waals surface area contributed by atoms with Gasteiger partial charge in [0.25, 0.3) is 10.9 Å². The van der Waals surface area contributed by atoms with E-state index in [-0.39, 0.29) is 11.9 Å². The molecule has 1 aromatic carbocycles. The molecule has 0 aliphatic rings. The molecule has 0 saturated heterocycles. The van der Waals surface area contributed by atoms with E-state index >= 15 is 0 Å². The smallest absolute Gasteiger partial charge is 0.305 e. The topological polar surface area (TPSA) is 114 Å². The molecule has 2 N–H and O–H groups in total. The number of anilines is 2. The number of hydrogen-bond acceptors (Lipinski definition) is 9. The van der Waals surface area contributed by atoms with E-state index in [1.54, 1.807) is 7.05 Å². The molecule has 0 saturated carbocycles. The van der Waals surface area contributed by atoms with Gasteiger partial charge in [0.15, 0.2) is 0 Å². The van der Waals surface area contributed by atoms with Crippen LogP contribution < -0.4 is 21.5 Å². The summed E-state index contributed by atoms with van der Waals surface area (Å²) in [6.45, 7) is 13.8. The first-order valence-electron chi connectivity index (χ1n) is 24.6. The molecule has 0 amide bonds. The molecular formula is C49H91N3O6. The van der Waals surface area contributed by atoms with Gasteiger partial charge in [-0.05, 0) is 89.3 Å². The van der Waals surface area contributed by atoms with Crippen molar-refractivity contribution in [3.05, 3.63) is 20.4 Å². The van der Waals surface area contributed by atoms with Crippen LogP contribution in [0.25, 0.3) is 0 Å². The Labute approximate surface area is 356 Å². The lowest BCUT2D eigenvalue weighted by Crippen LogP contribution is -2.37. The average Bonchev–Trinajstić information content (AvgIpc) is 3.23. The summed E-state index contributed by atoms with van der Waals surface area (Å²) >= 11 is 0. The molecule has 0 fully saturated rings. The minimum Gasteiger partial charge on any atom is -0.465 e. The van der Waals surface area contributed by atoms with Crippen LogP contribution in [0.4, 0.5) is 11.4 Å². The van der Waals surface area contributed by atoms with Gasteiger partial charge in [0.2, 0.25) is 0 Å². The average molecular weight is 818 g/mol. The van der Waals surface area contributed by atoms with Gasteiger partial charge in [-0.2, -0.15) is 0 Å². The molecule has 1 aromatic rings. The number of unbranched alkanes of at least 4 members (excludes halogenated alkanes) is 17. The molecule has 1 rings (SSSR count). The standard InChI is InChI=1S/C49H91N3O6/c1-6-10-14-23-32-43(33-24-15-11-7-2)41-58-45(54)35-26-19-17-21-28-38-52(39-29-36-51-47-46(50-5)48(55)49(47)56)37-27-20-16-18-25-34-44(53)57-40-42(30-13-9-4)31-22-12-8-3/h42-43,50-51H,6-41H2,1-5H3. The fourth-order valence-corrected chi connectivity index (χ4v) is 8.00. The highest BCUT2D eigenvalue weighted by atomic mass is 16.5. The number of carbonyl (C=O) groups excluding carboxylic acids is 2.